The van der Waals surface area contributed by atoms with Crippen LogP contribution in [0.1, 0.15) is 5.82 Å². The average molecular weight is 287 g/mol. The number of nitrogens with zero attached hydrogens (tertiary/aromatic N) is 4. The SMILES string of the molecule is CN(C)c1cccc(-n2c(CCl)nc3cnccc32)c1. The molecule has 0 aliphatic carbocycles. The van der Waals surface area contributed by atoms with E-state index in [1.54, 1.807) is 12.4 Å². The minimum atomic E-state index is 0.362. The molecule has 0 saturated carbocycles. The van der Waals surface area contributed by atoms with Crippen molar-refractivity contribution in [2.24, 2.45) is 0 Å². The van der Waals surface area contributed by atoms with E-state index in [0.29, 0.717) is 5.88 Å². The van der Waals surface area contributed by atoms with Gasteiger partial charge >= 0.3 is 0 Å². The van der Waals surface area contributed by atoms with Gasteiger partial charge < -0.3 is 4.90 Å². The van der Waals surface area contributed by atoms with E-state index < -0.39 is 0 Å². The van der Waals surface area contributed by atoms with E-state index in [9.17, 15) is 0 Å². The zero-order valence-electron chi connectivity index (χ0n) is 11.4. The number of hydrogen-bond donors (Lipinski definition) is 0. The van der Waals surface area contributed by atoms with Gasteiger partial charge in [-0.1, -0.05) is 6.07 Å². The first-order chi connectivity index (χ1) is 9.70. The molecule has 0 amide bonds. The molecule has 0 radical (unpaired) electrons. The first-order valence-electron chi connectivity index (χ1n) is 6.36. The minimum absolute atomic E-state index is 0.362. The van der Waals surface area contributed by atoms with Crippen LogP contribution in [0, 0.1) is 0 Å². The van der Waals surface area contributed by atoms with Gasteiger partial charge in [0.05, 0.1) is 17.6 Å². The fourth-order valence-corrected chi connectivity index (χ4v) is 2.45. The van der Waals surface area contributed by atoms with Crippen LogP contribution in [0.2, 0.25) is 0 Å². The molecule has 2 heterocycles. The second-order valence-electron chi connectivity index (χ2n) is 4.78. The van der Waals surface area contributed by atoms with E-state index in [-0.39, 0.29) is 0 Å². The summed E-state index contributed by atoms with van der Waals surface area (Å²) in [5.74, 6) is 1.19. The molecule has 0 N–H and O–H groups in total. The van der Waals surface area contributed by atoms with Crippen LogP contribution in [0.25, 0.3) is 16.7 Å². The van der Waals surface area contributed by atoms with Crippen LogP contribution in [0.5, 0.6) is 0 Å². The molecule has 0 bridgehead atoms. The smallest absolute Gasteiger partial charge is 0.129 e. The lowest BCUT2D eigenvalue weighted by atomic mass is 10.2. The maximum absolute atomic E-state index is 6.04. The van der Waals surface area contributed by atoms with Crippen LogP contribution in [0.3, 0.4) is 0 Å². The van der Waals surface area contributed by atoms with E-state index in [2.05, 4.69) is 37.6 Å². The molecule has 0 aliphatic heterocycles. The topological polar surface area (TPSA) is 34.0 Å². The Balaban J connectivity index is 2.25. The van der Waals surface area contributed by atoms with Crippen molar-refractivity contribution in [1.82, 2.24) is 14.5 Å². The lowest BCUT2D eigenvalue weighted by molar-refractivity contribution is 0.979. The van der Waals surface area contributed by atoms with Crippen LogP contribution in [0.4, 0.5) is 5.69 Å². The monoisotopic (exact) mass is 286 g/mol. The number of rotatable bonds is 3. The summed E-state index contributed by atoms with van der Waals surface area (Å²) < 4.78 is 2.08. The van der Waals surface area contributed by atoms with Crippen molar-refractivity contribution in [2.75, 3.05) is 19.0 Å². The summed E-state index contributed by atoms with van der Waals surface area (Å²) in [5, 5.41) is 0. The molecule has 0 spiro atoms. The predicted molar refractivity (Wildman–Crippen MR) is 82.7 cm³/mol. The fraction of sp³-hybridized carbons (Fsp3) is 0.200. The molecule has 0 unspecified atom stereocenters. The zero-order valence-corrected chi connectivity index (χ0v) is 12.2. The third kappa shape index (κ3) is 2.12. The molecule has 102 valence electrons. The van der Waals surface area contributed by atoms with Gasteiger partial charge in [0.15, 0.2) is 0 Å². The molecule has 3 rings (SSSR count). The molecular formula is C15H15ClN4. The summed E-state index contributed by atoms with van der Waals surface area (Å²) in [6, 6.07) is 10.3. The van der Waals surface area contributed by atoms with Gasteiger partial charge in [0.1, 0.15) is 11.3 Å². The second kappa shape index (κ2) is 5.13. The maximum Gasteiger partial charge on any atom is 0.129 e. The van der Waals surface area contributed by atoms with Crippen molar-refractivity contribution in [2.45, 2.75) is 5.88 Å². The van der Waals surface area contributed by atoms with E-state index in [0.717, 1.165) is 28.2 Å². The van der Waals surface area contributed by atoms with Gasteiger partial charge in [0.25, 0.3) is 0 Å². The number of fused-ring (bicyclic) bond motifs is 1. The summed E-state index contributed by atoms with van der Waals surface area (Å²) in [6.07, 6.45) is 3.53. The van der Waals surface area contributed by atoms with Crippen molar-refractivity contribution in [3.63, 3.8) is 0 Å². The highest BCUT2D eigenvalue weighted by Crippen LogP contribution is 2.24. The Morgan fingerprint density at radius 2 is 2.10 bits per heavy atom. The molecule has 4 nitrogen and oxygen atoms in total. The Bertz CT molecular complexity index is 748. The zero-order chi connectivity index (χ0) is 14.1. The number of alkyl halides is 1. The molecule has 3 aromatic rings. The second-order valence-corrected chi connectivity index (χ2v) is 5.04. The number of benzene rings is 1. The Kier molecular flexibility index (Phi) is 3.32. The van der Waals surface area contributed by atoms with Crippen LogP contribution in [0.15, 0.2) is 42.7 Å². The third-order valence-electron chi connectivity index (χ3n) is 3.25. The number of anilines is 1. The van der Waals surface area contributed by atoms with Crippen molar-refractivity contribution >= 4 is 28.3 Å². The van der Waals surface area contributed by atoms with Crippen LogP contribution in [-0.4, -0.2) is 28.6 Å². The number of aromatic nitrogens is 3. The Morgan fingerprint density at radius 3 is 2.85 bits per heavy atom. The summed E-state index contributed by atoms with van der Waals surface area (Å²) in [6.45, 7) is 0. The standard InChI is InChI=1S/C15H15ClN4/c1-19(2)11-4-3-5-12(8-11)20-14-6-7-17-10-13(14)18-15(20)9-16/h3-8,10H,9H2,1-2H3. The highest BCUT2D eigenvalue weighted by Gasteiger charge is 2.12. The summed E-state index contributed by atoms with van der Waals surface area (Å²) in [7, 11) is 4.05. The lowest BCUT2D eigenvalue weighted by Crippen LogP contribution is -2.09. The van der Waals surface area contributed by atoms with E-state index in [1.165, 1.54) is 0 Å². The minimum Gasteiger partial charge on any atom is -0.378 e. The molecule has 5 heteroatoms. The normalized spacial score (nSPS) is 10.9. The quantitative estimate of drug-likeness (QED) is 0.693. The summed E-state index contributed by atoms with van der Waals surface area (Å²) in [5.41, 5.74) is 4.07. The Labute approximate surface area is 122 Å². The highest BCUT2D eigenvalue weighted by molar-refractivity contribution is 6.17. The summed E-state index contributed by atoms with van der Waals surface area (Å²) >= 11 is 6.04. The molecule has 20 heavy (non-hydrogen) atoms. The van der Waals surface area contributed by atoms with Gasteiger partial charge in [0, 0.05) is 31.7 Å². The van der Waals surface area contributed by atoms with E-state index in [1.807, 2.05) is 26.2 Å². The maximum atomic E-state index is 6.04. The molecule has 0 fully saturated rings. The average Bonchev–Trinajstić information content (AvgIpc) is 2.85. The number of imidazole rings is 1. The molecule has 0 atom stereocenters. The Hall–Kier alpha value is -2.07. The molecule has 0 aliphatic rings. The highest BCUT2D eigenvalue weighted by atomic mass is 35.5. The van der Waals surface area contributed by atoms with Crippen LogP contribution in [-0.2, 0) is 5.88 Å². The summed E-state index contributed by atoms with van der Waals surface area (Å²) in [4.78, 5) is 10.7. The van der Waals surface area contributed by atoms with Crippen molar-refractivity contribution in [1.29, 1.82) is 0 Å². The number of hydrogen-bond acceptors (Lipinski definition) is 3. The first kappa shape index (κ1) is 12.9. The third-order valence-corrected chi connectivity index (χ3v) is 3.49. The van der Waals surface area contributed by atoms with E-state index in [4.69, 9.17) is 11.6 Å². The fourth-order valence-electron chi connectivity index (χ4n) is 2.27. The van der Waals surface area contributed by atoms with E-state index >= 15 is 0 Å². The predicted octanol–water partition coefficient (Wildman–Crippen LogP) is 3.23. The van der Waals surface area contributed by atoms with Crippen molar-refractivity contribution in [3.05, 3.63) is 48.5 Å². The Morgan fingerprint density at radius 1 is 1.25 bits per heavy atom. The molecule has 2 aromatic heterocycles. The molecular weight excluding hydrogens is 272 g/mol. The van der Waals surface area contributed by atoms with Gasteiger partial charge in [-0.15, -0.1) is 11.6 Å². The van der Waals surface area contributed by atoms with Crippen molar-refractivity contribution in [3.8, 4) is 5.69 Å². The van der Waals surface area contributed by atoms with Gasteiger partial charge in [-0.2, -0.15) is 0 Å². The number of halogens is 1. The van der Waals surface area contributed by atoms with Gasteiger partial charge in [-0.3, -0.25) is 9.55 Å². The largest absolute Gasteiger partial charge is 0.378 e. The first-order valence-corrected chi connectivity index (χ1v) is 6.89. The van der Waals surface area contributed by atoms with Gasteiger partial charge in [0.2, 0.25) is 0 Å². The molecule has 1 aromatic carbocycles. The van der Waals surface area contributed by atoms with Gasteiger partial charge in [-0.05, 0) is 24.3 Å². The lowest BCUT2D eigenvalue weighted by Gasteiger charge is -2.15. The van der Waals surface area contributed by atoms with Crippen molar-refractivity contribution < 1.29 is 0 Å². The van der Waals surface area contributed by atoms with Crippen LogP contribution >= 0.6 is 11.6 Å². The number of pyridine rings is 1. The van der Waals surface area contributed by atoms with Crippen LogP contribution < -0.4 is 4.90 Å². The molecule has 0 saturated heterocycles. The van der Waals surface area contributed by atoms with Gasteiger partial charge in [-0.25, -0.2) is 4.98 Å².